The minimum atomic E-state index is -0.593. The lowest BCUT2D eigenvalue weighted by molar-refractivity contribution is 0.825. The van der Waals surface area contributed by atoms with E-state index in [1.54, 1.807) is 78.9 Å². The van der Waals surface area contributed by atoms with E-state index in [1.165, 1.54) is 10.6 Å². The zero-order valence-electron chi connectivity index (χ0n) is 17.2. The van der Waals surface area contributed by atoms with Gasteiger partial charge in [0.05, 0.1) is 17.1 Å². The average Bonchev–Trinajstić information content (AvgIpc) is 2.82. The second kappa shape index (κ2) is 8.29. The third-order valence-electron chi connectivity index (χ3n) is 5.20. The van der Waals surface area contributed by atoms with Gasteiger partial charge in [0.25, 0.3) is 11.1 Å². The van der Waals surface area contributed by atoms with Crippen LogP contribution in [0.3, 0.4) is 0 Å². The Balaban J connectivity index is 1.91. The first-order valence-electron chi connectivity index (χ1n) is 10.1. The van der Waals surface area contributed by atoms with Crippen molar-refractivity contribution in [1.29, 1.82) is 0 Å². The van der Waals surface area contributed by atoms with Crippen LogP contribution in [0, 0.1) is 0 Å². The van der Waals surface area contributed by atoms with Gasteiger partial charge in [-0.25, -0.2) is 13.9 Å². The van der Waals surface area contributed by atoms with Crippen LogP contribution in [0.4, 0.5) is 11.4 Å². The van der Waals surface area contributed by atoms with Gasteiger partial charge in [0.1, 0.15) is 11.0 Å². The molecule has 0 saturated heterocycles. The van der Waals surface area contributed by atoms with Crippen LogP contribution in [0.15, 0.2) is 105 Å². The van der Waals surface area contributed by atoms with Crippen molar-refractivity contribution in [2.75, 3.05) is 5.32 Å². The number of pyridine rings is 1. The average molecular weight is 457 g/mol. The van der Waals surface area contributed by atoms with Crippen molar-refractivity contribution in [3.63, 3.8) is 0 Å². The molecule has 0 aliphatic carbocycles. The summed E-state index contributed by atoms with van der Waals surface area (Å²) in [6.45, 7) is 0. The lowest BCUT2D eigenvalue weighted by atomic mass is 10.2. The van der Waals surface area contributed by atoms with Gasteiger partial charge in [-0.05, 0) is 48.5 Å². The molecule has 0 saturated carbocycles. The summed E-state index contributed by atoms with van der Waals surface area (Å²) in [7, 11) is 0. The van der Waals surface area contributed by atoms with Gasteiger partial charge in [-0.3, -0.25) is 9.59 Å². The van der Waals surface area contributed by atoms with E-state index in [-0.39, 0.29) is 16.7 Å². The zero-order valence-corrected chi connectivity index (χ0v) is 17.9. The Morgan fingerprint density at radius 3 is 1.91 bits per heavy atom. The number of hydrogen-bond donors (Lipinski definition) is 2. The van der Waals surface area contributed by atoms with E-state index in [0.29, 0.717) is 22.1 Å². The Labute approximate surface area is 192 Å². The molecule has 5 aromatic rings. The summed E-state index contributed by atoms with van der Waals surface area (Å²) in [6, 6.07) is 25.7. The highest BCUT2D eigenvalue weighted by Crippen LogP contribution is 2.23. The molecular formula is C25H17ClN4O3. The number of halogens is 1. The van der Waals surface area contributed by atoms with Crippen molar-refractivity contribution < 1.29 is 0 Å². The summed E-state index contributed by atoms with van der Waals surface area (Å²) in [5.74, 6) is 0. The van der Waals surface area contributed by atoms with Gasteiger partial charge in [-0.1, -0.05) is 48.0 Å². The quantitative estimate of drug-likeness (QED) is 0.423. The molecule has 162 valence electrons. The van der Waals surface area contributed by atoms with Crippen LogP contribution < -0.4 is 22.1 Å². The van der Waals surface area contributed by atoms with E-state index in [9.17, 15) is 14.4 Å². The molecule has 3 aromatic carbocycles. The topological polar surface area (TPSA) is 88.9 Å². The van der Waals surface area contributed by atoms with Gasteiger partial charge in [0.15, 0.2) is 0 Å². The number of aromatic amines is 1. The largest absolute Gasteiger partial charge is 0.355 e. The molecule has 7 nitrogen and oxygen atoms in total. The molecule has 2 N–H and O–H groups in total. The standard InChI is InChI=1S/C25H17ClN4O3/c26-16-11-13-17(14-12-16)27-20-15-21(31)28-23-22(20)24(32)30(19-9-5-2-6-10-19)25(33)29(23)18-7-3-1-4-8-18/h1-15H,(H2,27,28,31). The highest BCUT2D eigenvalue weighted by atomic mass is 35.5. The van der Waals surface area contributed by atoms with Gasteiger partial charge >= 0.3 is 5.69 Å². The molecule has 0 radical (unpaired) electrons. The molecule has 0 spiro atoms. The maximum Gasteiger partial charge on any atom is 0.341 e. The molecule has 0 aliphatic rings. The van der Waals surface area contributed by atoms with Crippen molar-refractivity contribution in [3.8, 4) is 11.4 Å². The summed E-state index contributed by atoms with van der Waals surface area (Å²) in [5, 5.41) is 3.85. The maximum absolute atomic E-state index is 13.7. The Morgan fingerprint density at radius 1 is 0.727 bits per heavy atom. The first-order valence-corrected chi connectivity index (χ1v) is 10.5. The molecule has 0 unspecified atom stereocenters. The minimum Gasteiger partial charge on any atom is -0.355 e. The van der Waals surface area contributed by atoms with Crippen LogP contribution >= 0.6 is 11.6 Å². The molecular weight excluding hydrogens is 440 g/mol. The van der Waals surface area contributed by atoms with Crippen molar-refractivity contribution in [1.82, 2.24) is 14.1 Å². The van der Waals surface area contributed by atoms with Gasteiger partial charge in [-0.15, -0.1) is 0 Å². The molecule has 0 atom stereocenters. The SMILES string of the molecule is O=c1cc(Nc2ccc(Cl)cc2)c2c(=O)n(-c3ccccc3)c(=O)n(-c3ccccc3)c2[nH]1. The van der Waals surface area contributed by atoms with E-state index in [0.717, 1.165) is 4.57 Å². The highest BCUT2D eigenvalue weighted by molar-refractivity contribution is 6.30. The van der Waals surface area contributed by atoms with Crippen LogP contribution in [0.2, 0.25) is 5.02 Å². The van der Waals surface area contributed by atoms with Crippen molar-refractivity contribution >= 4 is 34.0 Å². The number of hydrogen-bond acceptors (Lipinski definition) is 4. The number of nitrogens with one attached hydrogen (secondary N) is 2. The second-order valence-electron chi connectivity index (χ2n) is 7.33. The van der Waals surface area contributed by atoms with Gasteiger partial charge in [0, 0.05) is 16.8 Å². The zero-order chi connectivity index (χ0) is 22.9. The van der Waals surface area contributed by atoms with Crippen molar-refractivity contribution in [2.45, 2.75) is 0 Å². The third-order valence-corrected chi connectivity index (χ3v) is 5.45. The number of para-hydroxylation sites is 2. The summed E-state index contributed by atoms with van der Waals surface area (Å²) >= 11 is 5.98. The number of H-pyrrole nitrogens is 1. The number of nitrogens with zero attached hydrogens (tertiary/aromatic N) is 2. The monoisotopic (exact) mass is 456 g/mol. The molecule has 0 amide bonds. The van der Waals surface area contributed by atoms with Gasteiger partial charge in [-0.2, -0.15) is 0 Å². The first-order chi connectivity index (χ1) is 16.0. The molecule has 2 aromatic heterocycles. The van der Waals surface area contributed by atoms with E-state index < -0.39 is 16.8 Å². The smallest absolute Gasteiger partial charge is 0.341 e. The van der Waals surface area contributed by atoms with Crippen molar-refractivity contribution in [2.24, 2.45) is 0 Å². The van der Waals surface area contributed by atoms with Crippen molar-refractivity contribution in [3.05, 3.63) is 127 Å². The molecule has 5 rings (SSSR count). The van der Waals surface area contributed by atoms with E-state index >= 15 is 0 Å². The number of anilines is 2. The van der Waals surface area contributed by atoms with Crippen LogP contribution in [0.1, 0.15) is 0 Å². The Bertz CT molecular complexity index is 1640. The first kappa shape index (κ1) is 20.5. The predicted molar refractivity (Wildman–Crippen MR) is 130 cm³/mol. The second-order valence-corrected chi connectivity index (χ2v) is 7.77. The molecule has 0 fully saturated rings. The number of rotatable bonds is 4. The number of fused-ring (bicyclic) bond motifs is 1. The maximum atomic E-state index is 13.7. The molecule has 2 heterocycles. The Kier molecular flexibility index (Phi) is 5.16. The molecule has 8 heteroatoms. The summed E-state index contributed by atoms with van der Waals surface area (Å²) in [5.41, 5.74) is 0.335. The normalized spacial score (nSPS) is 10.9. The Morgan fingerprint density at radius 2 is 1.30 bits per heavy atom. The van der Waals surface area contributed by atoms with E-state index in [4.69, 9.17) is 11.6 Å². The van der Waals surface area contributed by atoms with Gasteiger partial charge < -0.3 is 10.3 Å². The highest BCUT2D eigenvalue weighted by Gasteiger charge is 2.20. The third kappa shape index (κ3) is 3.75. The lowest BCUT2D eigenvalue weighted by Crippen LogP contribution is -2.39. The summed E-state index contributed by atoms with van der Waals surface area (Å²) in [4.78, 5) is 42.5. The number of benzene rings is 3. The fraction of sp³-hybridized carbons (Fsp3) is 0. The van der Waals surface area contributed by atoms with Gasteiger partial charge in [0.2, 0.25) is 0 Å². The van der Waals surface area contributed by atoms with Crippen LogP contribution in [-0.2, 0) is 0 Å². The number of aromatic nitrogens is 3. The predicted octanol–water partition coefficient (Wildman–Crippen LogP) is 4.23. The minimum absolute atomic E-state index is 0.104. The van der Waals surface area contributed by atoms with Crippen LogP contribution in [-0.4, -0.2) is 14.1 Å². The lowest BCUT2D eigenvalue weighted by Gasteiger charge is -2.16. The van der Waals surface area contributed by atoms with E-state index in [1.807, 2.05) is 6.07 Å². The molecule has 33 heavy (non-hydrogen) atoms. The molecule has 0 aliphatic heterocycles. The summed E-state index contributed by atoms with van der Waals surface area (Å²) < 4.78 is 2.43. The van der Waals surface area contributed by atoms with Crippen LogP contribution in [0.5, 0.6) is 0 Å². The Hall–Kier alpha value is -4.36. The summed E-state index contributed by atoms with van der Waals surface area (Å²) in [6.07, 6.45) is 0. The fourth-order valence-electron chi connectivity index (χ4n) is 3.73. The van der Waals surface area contributed by atoms with Crippen LogP contribution in [0.25, 0.3) is 22.4 Å². The molecule has 0 bridgehead atoms. The van der Waals surface area contributed by atoms with E-state index in [2.05, 4.69) is 10.3 Å². The fourth-order valence-corrected chi connectivity index (χ4v) is 3.86.